The fraction of sp³-hybridized carbons (Fsp3) is 0.174. The van der Waals surface area contributed by atoms with Crippen LogP contribution in [0.4, 0.5) is 11.4 Å². The van der Waals surface area contributed by atoms with Crippen LogP contribution in [0, 0.1) is 0 Å². The summed E-state index contributed by atoms with van der Waals surface area (Å²) in [5.41, 5.74) is 3.51. The summed E-state index contributed by atoms with van der Waals surface area (Å²) in [7, 11) is 0. The van der Waals surface area contributed by atoms with Crippen molar-refractivity contribution in [2.75, 3.05) is 5.06 Å². The monoisotopic (exact) mass is 359 g/mol. The van der Waals surface area contributed by atoms with E-state index in [0.717, 1.165) is 21.9 Å². The van der Waals surface area contributed by atoms with Gasteiger partial charge >= 0.3 is 0 Å². The van der Waals surface area contributed by atoms with Gasteiger partial charge in [0, 0.05) is 11.8 Å². The number of hydrogen-bond acceptors (Lipinski definition) is 3. The second kappa shape index (κ2) is 7.64. The maximum atomic E-state index is 12.3. The summed E-state index contributed by atoms with van der Waals surface area (Å²) in [6.45, 7) is 5.64. The number of hydroxylamine groups is 1. The Morgan fingerprint density at radius 3 is 2.15 bits per heavy atom. The lowest BCUT2D eigenvalue weighted by molar-refractivity contribution is 0.102. The number of aliphatic imine (C=N–C) groups is 1. The summed E-state index contributed by atoms with van der Waals surface area (Å²) in [6, 6.07) is 22.4. The number of anilines is 1. The average Bonchev–Trinajstić information content (AvgIpc) is 2.67. The van der Waals surface area contributed by atoms with Crippen molar-refractivity contribution < 1.29 is 10.3 Å². The van der Waals surface area contributed by atoms with Gasteiger partial charge in [-0.3, -0.25) is 4.99 Å². The van der Waals surface area contributed by atoms with Crippen LogP contribution < -0.4 is 5.06 Å². The fourth-order valence-corrected chi connectivity index (χ4v) is 2.67. The number of phenols is 1. The van der Waals surface area contributed by atoms with E-state index in [2.05, 4.69) is 4.99 Å². The minimum atomic E-state index is -0.485. The van der Waals surface area contributed by atoms with E-state index >= 15 is 0 Å². The average molecular weight is 359 g/mol. The SMILES string of the molecule is CC(C)(C)N([O])c1ccc(-c2ccc(O)c(C=Nc3ccccc3)c2)cc1. The fourth-order valence-electron chi connectivity index (χ4n) is 2.67. The first-order valence-electron chi connectivity index (χ1n) is 8.84. The lowest BCUT2D eigenvalue weighted by Gasteiger charge is -2.28. The molecule has 3 aromatic carbocycles. The van der Waals surface area contributed by atoms with Gasteiger partial charge in [0.25, 0.3) is 0 Å². The van der Waals surface area contributed by atoms with Gasteiger partial charge in [-0.15, -0.1) is 0 Å². The highest BCUT2D eigenvalue weighted by Crippen LogP contribution is 2.29. The Hall–Kier alpha value is -3.11. The van der Waals surface area contributed by atoms with Gasteiger partial charge in [0.1, 0.15) is 5.75 Å². The minimum Gasteiger partial charge on any atom is -0.507 e. The van der Waals surface area contributed by atoms with Gasteiger partial charge in [-0.2, -0.15) is 0 Å². The summed E-state index contributed by atoms with van der Waals surface area (Å²) in [6.07, 6.45) is 1.65. The molecule has 0 amide bonds. The van der Waals surface area contributed by atoms with E-state index < -0.39 is 5.54 Å². The van der Waals surface area contributed by atoms with Crippen molar-refractivity contribution in [1.82, 2.24) is 0 Å². The molecular weight excluding hydrogens is 336 g/mol. The summed E-state index contributed by atoms with van der Waals surface area (Å²) in [5.74, 6) is 0.175. The van der Waals surface area contributed by atoms with Crippen LogP contribution in [-0.4, -0.2) is 16.9 Å². The van der Waals surface area contributed by atoms with Gasteiger partial charge in [-0.25, -0.2) is 5.06 Å². The molecule has 3 aromatic rings. The molecular formula is C23H23N2O2. The van der Waals surface area contributed by atoms with Gasteiger partial charge in [0.2, 0.25) is 0 Å². The Morgan fingerprint density at radius 1 is 0.889 bits per heavy atom. The van der Waals surface area contributed by atoms with Crippen LogP contribution >= 0.6 is 0 Å². The quantitative estimate of drug-likeness (QED) is 0.475. The number of benzene rings is 3. The second-order valence-electron chi connectivity index (χ2n) is 7.38. The third-order valence-corrected chi connectivity index (χ3v) is 4.18. The largest absolute Gasteiger partial charge is 0.507 e. The smallest absolute Gasteiger partial charge is 0.124 e. The molecule has 0 unspecified atom stereocenters. The molecule has 0 spiro atoms. The highest BCUT2D eigenvalue weighted by molar-refractivity contribution is 5.87. The second-order valence-corrected chi connectivity index (χ2v) is 7.38. The molecule has 27 heavy (non-hydrogen) atoms. The lowest BCUT2D eigenvalue weighted by atomic mass is 10.0. The van der Waals surface area contributed by atoms with E-state index in [1.54, 1.807) is 12.3 Å². The maximum absolute atomic E-state index is 12.3. The van der Waals surface area contributed by atoms with Gasteiger partial charge in [0.05, 0.1) is 16.9 Å². The van der Waals surface area contributed by atoms with Crippen LogP contribution in [0.2, 0.25) is 0 Å². The first-order valence-corrected chi connectivity index (χ1v) is 8.84. The normalized spacial score (nSPS) is 11.7. The molecule has 1 N–H and O–H groups in total. The highest BCUT2D eigenvalue weighted by atomic mass is 16.5. The molecule has 0 aliphatic heterocycles. The third-order valence-electron chi connectivity index (χ3n) is 4.18. The topological polar surface area (TPSA) is 55.7 Å². The Balaban J connectivity index is 1.86. The molecule has 0 aliphatic carbocycles. The van der Waals surface area contributed by atoms with Crippen molar-refractivity contribution in [3.63, 3.8) is 0 Å². The van der Waals surface area contributed by atoms with Crippen LogP contribution in [0.25, 0.3) is 11.1 Å². The molecule has 0 bridgehead atoms. The summed E-state index contributed by atoms with van der Waals surface area (Å²) >= 11 is 0. The molecule has 4 nitrogen and oxygen atoms in total. The molecule has 0 atom stereocenters. The number of para-hydroxylation sites is 1. The van der Waals surface area contributed by atoms with Crippen LogP contribution in [-0.2, 0) is 5.21 Å². The maximum Gasteiger partial charge on any atom is 0.124 e. The molecule has 0 aliphatic rings. The lowest BCUT2D eigenvalue weighted by Crippen LogP contribution is -2.37. The first kappa shape index (κ1) is 18.7. The summed E-state index contributed by atoms with van der Waals surface area (Å²) in [5, 5.41) is 23.4. The van der Waals surface area contributed by atoms with Gasteiger partial charge in [0.15, 0.2) is 0 Å². The van der Waals surface area contributed by atoms with Crippen molar-refractivity contribution >= 4 is 17.6 Å². The predicted molar refractivity (Wildman–Crippen MR) is 110 cm³/mol. The zero-order valence-corrected chi connectivity index (χ0v) is 15.8. The Bertz CT molecular complexity index is 927. The predicted octanol–water partition coefficient (Wildman–Crippen LogP) is 5.76. The highest BCUT2D eigenvalue weighted by Gasteiger charge is 2.21. The van der Waals surface area contributed by atoms with E-state index in [9.17, 15) is 10.3 Å². The number of rotatable bonds is 4. The molecule has 0 fully saturated rings. The van der Waals surface area contributed by atoms with E-state index in [1.807, 2.05) is 87.5 Å². The van der Waals surface area contributed by atoms with Crippen molar-refractivity contribution in [2.24, 2.45) is 4.99 Å². The standard InChI is InChI=1S/C23H23N2O2/c1-23(2,3)25(27)21-12-9-17(10-13-21)18-11-14-22(26)19(15-18)16-24-20-7-5-4-6-8-20/h4-16,26H,1-3H3. The number of nitrogens with zero attached hydrogens (tertiary/aromatic N) is 2. The number of hydrogen-bond donors (Lipinski definition) is 1. The Morgan fingerprint density at radius 2 is 1.52 bits per heavy atom. The van der Waals surface area contributed by atoms with Crippen LogP contribution in [0.15, 0.2) is 77.8 Å². The Labute approximate surface area is 160 Å². The van der Waals surface area contributed by atoms with Gasteiger partial charge in [-0.1, -0.05) is 41.6 Å². The van der Waals surface area contributed by atoms with Gasteiger partial charge < -0.3 is 5.11 Å². The molecule has 0 saturated heterocycles. The summed E-state index contributed by atoms with van der Waals surface area (Å²) in [4.78, 5) is 4.40. The zero-order valence-electron chi connectivity index (χ0n) is 15.8. The molecule has 4 heteroatoms. The van der Waals surface area contributed by atoms with Crippen molar-refractivity contribution in [1.29, 1.82) is 0 Å². The van der Waals surface area contributed by atoms with Crippen molar-refractivity contribution in [2.45, 2.75) is 26.3 Å². The molecule has 1 radical (unpaired) electrons. The Kier molecular flexibility index (Phi) is 5.28. The van der Waals surface area contributed by atoms with E-state index in [1.165, 1.54) is 0 Å². The number of aromatic hydroxyl groups is 1. The zero-order chi connectivity index (χ0) is 19.4. The number of phenolic OH excluding ortho intramolecular Hbond substituents is 1. The van der Waals surface area contributed by atoms with E-state index in [4.69, 9.17) is 0 Å². The van der Waals surface area contributed by atoms with Crippen LogP contribution in [0.5, 0.6) is 5.75 Å². The minimum absolute atomic E-state index is 0.175. The van der Waals surface area contributed by atoms with Crippen molar-refractivity contribution in [3.05, 3.63) is 78.4 Å². The van der Waals surface area contributed by atoms with Crippen LogP contribution in [0.3, 0.4) is 0 Å². The summed E-state index contributed by atoms with van der Waals surface area (Å²) < 4.78 is 0. The van der Waals surface area contributed by atoms with Gasteiger partial charge in [-0.05, 0) is 68.3 Å². The molecule has 3 rings (SSSR count). The van der Waals surface area contributed by atoms with Crippen LogP contribution in [0.1, 0.15) is 26.3 Å². The van der Waals surface area contributed by atoms with Crippen molar-refractivity contribution in [3.8, 4) is 16.9 Å². The molecule has 0 saturated carbocycles. The molecule has 0 heterocycles. The van der Waals surface area contributed by atoms with E-state index in [0.29, 0.717) is 11.3 Å². The third kappa shape index (κ3) is 4.54. The first-order chi connectivity index (χ1) is 12.8. The van der Waals surface area contributed by atoms with E-state index in [-0.39, 0.29) is 5.75 Å². The molecule has 0 aromatic heterocycles. The molecule has 137 valence electrons.